The second-order valence-electron chi connectivity index (χ2n) is 4.71. The van der Waals surface area contributed by atoms with E-state index in [0.29, 0.717) is 0 Å². The summed E-state index contributed by atoms with van der Waals surface area (Å²) in [5, 5.41) is 4.12. The van der Waals surface area contributed by atoms with Crippen molar-refractivity contribution in [2.45, 2.75) is 12.5 Å². The summed E-state index contributed by atoms with van der Waals surface area (Å²) in [6.45, 7) is 0.781. The van der Waals surface area contributed by atoms with E-state index in [1.54, 1.807) is 0 Å². The molecule has 0 spiro atoms. The van der Waals surface area contributed by atoms with Crippen LogP contribution in [0.25, 0.3) is 0 Å². The number of rotatable bonds is 3. The quantitative estimate of drug-likeness (QED) is 0.923. The first kappa shape index (κ1) is 12.5. The maximum Gasteiger partial charge on any atom is 0.127 e. The summed E-state index contributed by atoms with van der Waals surface area (Å²) in [7, 11) is 1.97. The van der Waals surface area contributed by atoms with Crippen molar-refractivity contribution in [1.82, 2.24) is 5.32 Å². The molecular formula is C16H16ClNO. The van der Waals surface area contributed by atoms with Crippen LogP contribution in [0, 0.1) is 0 Å². The second-order valence-corrected chi connectivity index (χ2v) is 5.14. The van der Waals surface area contributed by atoms with Gasteiger partial charge in [0.25, 0.3) is 0 Å². The lowest BCUT2D eigenvalue weighted by molar-refractivity contribution is 0.351. The summed E-state index contributed by atoms with van der Waals surface area (Å²) in [5.74, 6) is 1.04. The van der Waals surface area contributed by atoms with Crippen molar-refractivity contribution in [3.8, 4) is 5.75 Å². The van der Waals surface area contributed by atoms with Crippen molar-refractivity contribution in [1.29, 1.82) is 0 Å². The van der Waals surface area contributed by atoms with Crippen LogP contribution in [-0.2, 0) is 6.42 Å². The third-order valence-corrected chi connectivity index (χ3v) is 3.80. The summed E-state index contributed by atoms with van der Waals surface area (Å²) in [6, 6.07) is 14.4. The van der Waals surface area contributed by atoms with Crippen molar-refractivity contribution >= 4 is 11.6 Å². The molecule has 0 bridgehead atoms. The Morgan fingerprint density at radius 2 is 1.95 bits per heavy atom. The van der Waals surface area contributed by atoms with E-state index < -0.39 is 0 Å². The van der Waals surface area contributed by atoms with E-state index in [9.17, 15) is 0 Å². The van der Waals surface area contributed by atoms with E-state index in [2.05, 4.69) is 35.6 Å². The number of ether oxygens (including phenoxy) is 1. The van der Waals surface area contributed by atoms with Crippen LogP contribution < -0.4 is 10.1 Å². The molecule has 0 amide bonds. The molecule has 0 saturated heterocycles. The lowest BCUT2D eigenvalue weighted by Gasteiger charge is -2.19. The monoisotopic (exact) mass is 273 g/mol. The van der Waals surface area contributed by atoms with Gasteiger partial charge in [-0.05, 0) is 30.3 Å². The zero-order valence-corrected chi connectivity index (χ0v) is 11.6. The van der Waals surface area contributed by atoms with Crippen molar-refractivity contribution in [2.75, 3.05) is 13.7 Å². The molecule has 0 fully saturated rings. The first-order valence-electron chi connectivity index (χ1n) is 6.47. The minimum absolute atomic E-state index is 0.130. The molecule has 0 saturated carbocycles. The maximum atomic E-state index is 5.95. The number of hydrogen-bond donors (Lipinski definition) is 1. The zero-order chi connectivity index (χ0) is 13.2. The molecule has 1 heterocycles. The molecule has 1 N–H and O–H groups in total. The van der Waals surface area contributed by atoms with Crippen LogP contribution in [0.15, 0.2) is 42.5 Å². The minimum atomic E-state index is 0.130. The molecule has 2 aromatic carbocycles. The van der Waals surface area contributed by atoms with Gasteiger partial charge < -0.3 is 10.1 Å². The van der Waals surface area contributed by atoms with Gasteiger partial charge in [0.2, 0.25) is 0 Å². The molecular weight excluding hydrogens is 258 g/mol. The molecule has 0 radical (unpaired) electrons. The Hall–Kier alpha value is -1.51. The standard InChI is InChI=1S/C16H16ClNO/c1-18-15(11-5-7-13(17)8-6-11)14-4-2-3-12-9-10-19-16(12)14/h2-8,15,18H,9-10H2,1H3. The van der Waals surface area contributed by atoms with Crippen LogP contribution in [0.2, 0.25) is 5.02 Å². The highest BCUT2D eigenvalue weighted by Crippen LogP contribution is 2.36. The van der Waals surface area contributed by atoms with E-state index in [4.69, 9.17) is 16.3 Å². The molecule has 3 rings (SSSR count). The normalized spacial score (nSPS) is 14.8. The van der Waals surface area contributed by atoms with Gasteiger partial charge in [-0.3, -0.25) is 0 Å². The highest BCUT2D eigenvalue weighted by Gasteiger charge is 2.22. The number of nitrogens with one attached hydrogen (secondary N) is 1. The van der Waals surface area contributed by atoms with Crippen LogP contribution in [0.4, 0.5) is 0 Å². The third kappa shape index (κ3) is 2.34. The number of para-hydroxylation sites is 1. The average Bonchev–Trinajstić information content (AvgIpc) is 2.91. The van der Waals surface area contributed by atoms with Gasteiger partial charge in [0.15, 0.2) is 0 Å². The van der Waals surface area contributed by atoms with Gasteiger partial charge in [-0.1, -0.05) is 41.9 Å². The van der Waals surface area contributed by atoms with Gasteiger partial charge >= 0.3 is 0 Å². The van der Waals surface area contributed by atoms with E-state index >= 15 is 0 Å². The largest absolute Gasteiger partial charge is 0.493 e. The molecule has 2 nitrogen and oxygen atoms in total. The maximum absolute atomic E-state index is 5.95. The number of benzene rings is 2. The predicted octanol–water partition coefficient (Wildman–Crippen LogP) is 3.58. The Labute approximate surface area is 118 Å². The molecule has 2 aromatic rings. The molecule has 19 heavy (non-hydrogen) atoms. The SMILES string of the molecule is CNC(c1ccc(Cl)cc1)c1cccc2c1OCC2. The van der Waals surface area contributed by atoms with Gasteiger partial charge in [-0.15, -0.1) is 0 Å². The lowest BCUT2D eigenvalue weighted by atomic mass is 9.96. The van der Waals surface area contributed by atoms with Crippen molar-refractivity contribution in [2.24, 2.45) is 0 Å². The summed E-state index contributed by atoms with van der Waals surface area (Å²) in [4.78, 5) is 0. The highest BCUT2D eigenvalue weighted by molar-refractivity contribution is 6.30. The predicted molar refractivity (Wildman–Crippen MR) is 78.0 cm³/mol. The first-order chi connectivity index (χ1) is 9.29. The van der Waals surface area contributed by atoms with Gasteiger partial charge in [0, 0.05) is 17.0 Å². The Morgan fingerprint density at radius 3 is 2.68 bits per heavy atom. The summed E-state index contributed by atoms with van der Waals surface area (Å²) < 4.78 is 5.79. The molecule has 1 unspecified atom stereocenters. The van der Waals surface area contributed by atoms with Gasteiger partial charge in [0.05, 0.1) is 12.6 Å². The molecule has 0 aromatic heterocycles. The third-order valence-electron chi connectivity index (χ3n) is 3.55. The molecule has 1 aliphatic heterocycles. The van der Waals surface area contributed by atoms with Crippen LogP contribution in [-0.4, -0.2) is 13.7 Å². The molecule has 1 aliphatic rings. The fourth-order valence-electron chi connectivity index (χ4n) is 2.62. The first-order valence-corrected chi connectivity index (χ1v) is 6.84. The number of fused-ring (bicyclic) bond motifs is 1. The lowest BCUT2D eigenvalue weighted by Crippen LogP contribution is -2.18. The van der Waals surface area contributed by atoms with Crippen molar-refractivity contribution in [3.63, 3.8) is 0 Å². The molecule has 3 heteroatoms. The van der Waals surface area contributed by atoms with E-state index in [1.165, 1.54) is 16.7 Å². The summed E-state index contributed by atoms with van der Waals surface area (Å²) in [5.41, 5.74) is 3.68. The van der Waals surface area contributed by atoms with Crippen molar-refractivity contribution in [3.05, 3.63) is 64.2 Å². The van der Waals surface area contributed by atoms with Crippen LogP contribution in [0.1, 0.15) is 22.7 Å². The molecule has 0 aliphatic carbocycles. The Bertz CT molecular complexity index is 580. The van der Waals surface area contributed by atoms with Gasteiger partial charge in [-0.2, -0.15) is 0 Å². The van der Waals surface area contributed by atoms with Crippen LogP contribution in [0.3, 0.4) is 0 Å². The van der Waals surface area contributed by atoms with Crippen LogP contribution in [0.5, 0.6) is 5.75 Å². The highest BCUT2D eigenvalue weighted by atomic mass is 35.5. The Morgan fingerprint density at radius 1 is 1.16 bits per heavy atom. The smallest absolute Gasteiger partial charge is 0.127 e. The van der Waals surface area contributed by atoms with Crippen LogP contribution >= 0.6 is 11.6 Å². The zero-order valence-electron chi connectivity index (χ0n) is 10.8. The number of halogens is 1. The van der Waals surface area contributed by atoms with E-state index in [0.717, 1.165) is 23.8 Å². The van der Waals surface area contributed by atoms with Gasteiger partial charge in [0.1, 0.15) is 5.75 Å². The average molecular weight is 274 g/mol. The second kappa shape index (κ2) is 5.24. The fraction of sp³-hybridized carbons (Fsp3) is 0.250. The molecule has 98 valence electrons. The Kier molecular flexibility index (Phi) is 3.45. The Balaban J connectivity index is 2.03. The fourth-order valence-corrected chi connectivity index (χ4v) is 2.75. The van der Waals surface area contributed by atoms with E-state index in [1.807, 2.05) is 19.2 Å². The van der Waals surface area contributed by atoms with Gasteiger partial charge in [-0.25, -0.2) is 0 Å². The minimum Gasteiger partial charge on any atom is -0.493 e. The molecule has 1 atom stereocenters. The topological polar surface area (TPSA) is 21.3 Å². The van der Waals surface area contributed by atoms with E-state index in [-0.39, 0.29) is 6.04 Å². The number of hydrogen-bond acceptors (Lipinski definition) is 2. The van der Waals surface area contributed by atoms with Crippen molar-refractivity contribution < 1.29 is 4.74 Å². The summed E-state index contributed by atoms with van der Waals surface area (Å²) >= 11 is 5.95. The summed E-state index contributed by atoms with van der Waals surface area (Å²) in [6.07, 6.45) is 1.00.